The van der Waals surface area contributed by atoms with Gasteiger partial charge in [-0.2, -0.15) is 5.06 Å². The number of hydroxylamine groups is 2. The van der Waals surface area contributed by atoms with Crippen molar-refractivity contribution in [2.45, 2.75) is 25.1 Å². The van der Waals surface area contributed by atoms with Crippen LogP contribution in [0.5, 0.6) is 0 Å². The van der Waals surface area contributed by atoms with Gasteiger partial charge >= 0.3 is 11.7 Å². The zero-order chi connectivity index (χ0) is 17.5. The molecule has 1 aliphatic rings. The van der Waals surface area contributed by atoms with Crippen molar-refractivity contribution in [2.24, 2.45) is 0 Å². The molecule has 2 heterocycles. The average Bonchev–Trinajstić information content (AvgIpc) is 2.90. The number of nitrogens with one attached hydrogen (secondary N) is 1. The lowest BCUT2D eigenvalue weighted by molar-refractivity contribution is -0.234. The first-order valence-corrected chi connectivity index (χ1v) is 7.38. The minimum absolute atomic E-state index is 0.0221. The highest BCUT2D eigenvalue weighted by atomic mass is 16.7. The maximum atomic E-state index is 12.2. The van der Waals surface area contributed by atoms with Gasteiger partial charge in [-0.3, -0.25) is 19.2 Å². The van der Waals surface area contributed by atoms with E-state index < -0.39 is 22.9 Å². The topological polar surface area (TPSA) is 105 Å². The van der Waals surface area contributed by atoms with Crippen LogP contribution >= 0.6 is 0 Å². The summed E-state index contributed by atoms with van der Waals surface area (Å²) in [6.45, 7) is 1.50. The number of aliphatic carboxylic acids is 1. The molecule has 0 spiro atoms. The quantitative estimate of drug-likeness (QED) is 0.853. The summed E-state index contributed by atoms with van der Waals surface area (Å²) in [5, 5.41) is 11.2. The second kappa shape index (κ2) is 5.73. The third-order valence-electron chi connectivity index (χ3n) is 4.23. The summed E-state index contributed by atoms with van der Waals surface area (Å²) >= 11 is 0. The van der Waals surface area contributed by atoms with E-state index in [2.05, 4.69) is 4.98 Å². The number of carbonyl (C=O) groups is 1. The maximum Gasteiger partial charge on any atom is 0.359 e. The molecule has 1 saturated heterocycles. The van der Waals surface area contributed by atoms with Gasteiger partial charge in [-0.25, -0.2) is 9.59 Å². The molecule has 8 nitrogen and oxygen atoms in total. The summed E-state index contributed by atoms with van der Waals surface area (Å²) in [6.07, 6.45) is 1.24. The predicted octanol–water partition coefficient (Wildman–Crippen LogP) is 0.591. The molecule has 1 aromatic carbocycles. The van der Waals surface area contributed by atoms with Gasteiger partial charge in [0, 0.05) is 25.2 Å². The molecule has 1 aliphatic heterocycles. The number of aromatic amines is 1. The monoisotopic (exact) mass is 331 g/mol. The van der Waals surface area contributed by atoms with Crippen LogP contribution in [-0.4, -0.2) is 32.7 Å². The SMILES string of the molecule is Cc1cn([C@@]2(C(=O)O)C[C@@H](c3ccccc3)N(C)O2)c(=O)[nH]c1=O. The van der Waals surface area contributed by atoms with Gasteiger partial charge in [0.15, 0.2) is 0 Å². The Morgan fingerprint density at radius 1 is 1.33 bits per heavy atom. The highest BCUT2D eigenvalue weighted by molar-refractivity contribution is 5.75. The van der Waals surface area contributed by atoms with Crippen LogP contribution in [0, 0.1) is 6.92 Å². The summed E-state index contributed by atoms with van der Waals surface area (Å²) in [5.74, 6) is -1.30. The van der Waals surface area contributed by atoms with E-state index in [1.54, 1.807) is 7.05 Å². The van der Waals surface area contributed by atoms with Crippen LogP contribution in [0.1, 0.15) is 23.6 Å². The number of carboxylic acid groups (broad SMARTS) is 1. The summed E-state index contributed by atoms with van der Waals surface area (Å²) in [6, 6.07) is 8.94. The van der Waals surface area contributed by atoms with Crippen molar-refractivity contribution in [1.29, 1.82) is 0 Å². The lowest BCUT2D eigenvalue weighted by Crippen LogP contribution is -2.50. The van der Waals surface area contributed by atoms with Crippen LogP contribution < -0.4 is 11.2 Å². The predicted molar refractivity (Wildman–Crippen MR) is 84.3 cm³/mol. The van der Waals surface area contributed by atoms with Gasteiger partial charge in [0.1, 0.15) is 0 Å². The Morgan fingerprint density at radius 3 is 2.62 bits per heavy atom. The number of H-pyrrole nitrogens is 1. The van der Waals surface area contributed by atoms with Crippen LogP contribution in [0.3, 0.4) is 0 Å². The van der Waals surface area contributed by atoms with Crippen molar-refractivity contribution in [3.05, 3.63) is 68.5 Å². The fraction of sp³-hybridized carbons (Fsp3) is 0.312. The Hall–Kier alpha value is -2.71. The first kappa shape index (κ1) is 16.2. The number of nitrogens with zero attached hydrogens (tertiary/aromatic N) is 2. The second-order valence-corrected chi connectivity index (χ2v) is 5.80. The van der Waals surface area contributed by atoms with E-state index >= 15 is 0 Å². The zero-order valence-corrected chi connectivity index (χ0v) is 13.2. The molecule has 2 N–H and O–H groups in total. The van der Waals surface area contributed by atoms with Gasteiger partial charge in [0.2, 0.25) is 0 Å². The van der Waals surface area contributed by atoms with E-state index in [1.807, 2.05) is 30.3 Å². The molecular formula is C16H17N3O5. The number of hydrogen-bond donors (Lipinski definition) is 2. The van der Waals surface area contributed by atoms with Gasteiger partial charge in [-0.05, 0) is 12.5 Å². The molecule has 0 aliphatic carbocycles. The van der Waals surface area contributed by atoms with Gasteiger partial charge in [0.05, 0.1) is 6.04 Å². The number of aryl methyl sites for hydroxylation is 1. The number of hydrogen-bond acceptors (Lipinski definition) is 5. The van der Waals surface area contributed by atoms with Crippen molar-refractivity contribution in [1.82, 2.24) is 14.6 Å². The highest BCUT2D eigenvalue weighted by Gasteiger charge is 2.53. The van der Waals surface area contributed by atoms with Gasteiger partial charge < -0.3 is 5.11 Å². The minimum atomic E-state index is -1.92. The molecule has 0 saturated carbocycles. The fourth-order valence-electron chi connectivity index (χ4n) is 2.94. The third kappa shape index (κ3) is 2.45. The molecule has 8 heteroatoms. The van der Waals surface area contributed by atoms with Crippen molar-refractivity contribution in [3.63, 3.8) is 0 Å². The van der Waals surface area contributed by atoms with E-state index in [0.29, 0.717) is 0 Å². The summed E-state index contributed by atoms with van der Waals surface area (Å²) < 4.78 is 0.936. The van der Waals surface area contributed by atoms with E-state index in [9.17, 15) is 19.5 Å². The zero-order valence-electron chi connectivity index (χ0n) is 13.2. The van der Waals surface area contributed by atoms with Crippen LogP contribution in [0.15, 0.2) is 46.1 Å². The second-order valence-electron chi connectivity index (χ2n) is 5.80. The molecule has 3 rings (SSSR count). The largest absolute Gasteiger partial charge is 0.478 e. The van der Waals surface area contributed by atoms with Crippen molar-refractivity contribution < 1.29 is 14.7 Å². The van der Waals surface area contributed by atoms with Crippen molar-refractivity contribution in [2.75, 3.05) is 7.05 Å². The van der Waals surface area contributed by atoms with Crippen LogP contribution in [-0.2, 0) is 15.4 Å². The number of benzene rings is 1. The Balaban J connectivity index is 2.12. The van der Waals surface area contributed by atoms with E-state index in [1.165, 1.54) is 18.2 Å². The van der Waals surface area contributed by atoms with Crippen LogP contribution in [0.2, 0.25) is 0 Å². The first-order chi connectivity index (χ1) is 11.3. The highest BCUT2D eigenvalue weighted by Crippen LogP contribution is 2.41. The molecule has 1 fully saturated rings. The molecular weight excluding hydrogens is 314 g/mol. The molecule has 0 radical (unpaired) electrons. The summed E-state index contributed by atoms with van der Waals surface area (Å²) in [4.78, 5) is 43.5. The van der Waals surface area contributed by atoms with Gasteiger partial charge in [-0.1, -0.05) is 30.3 Å². The molecule has 1 aromatic heterocycles. The maximum absolute atomic E-state index is 12.2. The Labute approximate surface area is 136 Å². The smallest absolute Gasteiger partial charge is 0.359 e. The standard InChI is InChI=1S/C16H17N3O5/c1-10-9-19(15(23)17-13(10)20)16(14(21)22)8-12(18(2)24-16)11-6-4-3-5-7-11/h3-7,9,12H,8H2,1-2H3,(H,21,22)(H,17,20,23)/t12-,16-/m0/s1. The number of carboxylic acids is 1. The molecule has 0 bridgehead atoms. The minimum Gasteiger partial charge on any atom is -0.478 e. The average molecular weight is 331 g/mol. The van der Waals surface area contributed by atoms with Crippen LogP contribution in [0.25, 0.3) is 0 Å². The third-order valence-corrected chi connectivity index (χ3v) is 4.23. The number of aromatic nitrogens is 2. The molecule has 2 atom stereocenters. The molecule has 0 amide bonds. The van der Waals surface area contributed by atoms with Crippen molar-refractivity contribution in [3.8, 4) is 0 Å². The fourth-order valence-corrected chi connectivity index (χ4v) is 2.94. The van der Waals surface area contributed by atoms with E-state index in [-0.39, 0.29) is 18.0 Å². The van der Waals surface area contributed by atoms with Crippen molar-refractivity contribution >= 4 is 5.97 Å². The lowest BCUT2D eigenvalue weighted by Gasteiger charge is -2.25. The summed E-state index contributed by atoms with van der Waals surface area (Å²) in [5.41, 5.74) is -2.19. The molecule has 0 unspecified atom stereocenters. The first-order valence-electron chi connectivity index (χ1n) is 7.38. The summed E-state index contributed by atoms with van der Waals surface area (Å²) in [7, 11) is 1.62. The van der Waals surface area contributed by atoms with E-state index in [0.717, 1.165) is 10.1 Å². The Kier molecular flexibility index (Phi) is 3.86. The molecule has 2 aromatic rings. The Morgan fingerprint density at radius 2 is 2.00 bits per heavy atom. The van der Waals surface area contributed by atoms with Gasteiger partial charge in [-0.15, -0.1) is 0 Å². The lowest BCUT2D eigenvalue weighted by atomic mass is 9.98. The molecule has 126 valence electrons. The normalized spacial score (nSPS) is 24.2. The van der Waals surface area contributed by atoms with Crippen LogP contribution in [0.4, 0.5) is 0 Å². The van der Waals surface area contributed by atoms with Gasteiger partial charge in [0.25, 0.3) is 11.3 Å². The number of rotatable bonds is 3. The Bertz CT molecular complexity index is 889. The van der Waals surface area contributed by atoms with E-state index in [4.69, 9.17) is 4.84 Å². The molecule has 24 heavy (non-hydrogen) atoms.